The van der Waals surface area contributed by atoms with Gasteiger partial charge in [0.2, 0.25) is 5.91 Å². The second-order valence-corrected chi connectivity index (χ2v) is 13.8. The number of carboxylic acid groups (broad SMARTS) is 1. The summed E-state index contributed by atoms with van der Waals surface area (Å²) in [4.78, 5) is 24.3. The number of hydrogen-bond acceptors (Lipinski definition) is 5. The van der Waals surface area contributed by atoms with Gasteiger partial charge in [-0.15, -0.1) is 0 Å². The Hall–Kier alpha value is -1.18. The van der Waals surface area contributed by atoms with Crippen molar-refractivity contribution < 1.29 is 30.0 Å². The largest absolute Gasteiger partial charge is 0.480 e. The Morgan fingerprint density at radius 3 is 2.22 bits per heavy atom. The highest BCUT2D eigenvalue weighted by atomic mass is 16.4. The minimum absolute atomic E-state index is 0.0397. The number of aliphatic carboxylic acids is 1. The highest BCUT2D eigenvalue weighted by Gasteiger charge is 2.65. The van der Waals surface area contributed by atoms with Crippen molar-refractivity contribution in [2.75, 3.05) is 0 Å². The van der Waals surface area contributed by atoms with Crippen LogP contribution in [0.1, 0.15) is 98.8 Å². The van der Waals surface area contributed by atoms with E-state index in [1.807, 2.05) is 13.8 Å². The van der Waals surface area contributed by atoms with Crippen molar-refractivity contribution in [2.24, 2.45) is 52.3 Å². The third-order valence-corrected chi connectivity index (χ3v) is 12.1. The number of aliphatic hydroxyl groups excluding tert-OH is 3. The molecule has 7 nitrogen and oxygen atoms in total. The van der Waals surface area contributed by atoms with E-state index >= 15 is 0 Å². The van der Waals surface area contributed by atoms with E-state index < -0.39 is 24.2 Å². The zero-order valence-corrected chi connectivity index (χ0v) is 23.5. The number of carbonyl (C=O) groups is 2. The molecule has 212 valence electrons. The van der Waals surface area contributed by atoms with Gasteiger partial charge < -0.3 is 25.7 Å². The average Bonchev–Trinajstić information content (AvgIpc) is 3.21. The van der Waals surface area contributed by atoms with Crippen LogP contribution < -0.4 is 5.32 Å². The molecule has 0 radical (unpaired) electrons. The molecular weight excluding hydrogens is 470 g/mol. The lowest BCUT2D eigenvalue weighted by Gasteiger charge is -2.63. The van der Waals surface area contributed by atoms with Crippen LogP contribution in [0.25, 0.3) is 0 Å². The lowest BCUT2D eigenvalue weighted by Crippen LogP contribution is -2.64. The predicted octanol–water partition coefficient (Wildman–Crippen LogP) is 3.98. The third-order valence-electron chi connectivity index (χ3n) is 12.1. The maximum Gasteiger partial charge on any atom is 0.326 e. The standard InChI is InChI=1S/C30H51NO6/c1-6-16(2)25(28(36)37)31-23(33)10-7-17(3)19-8-9-20-24-21(12-14-29(19,20)4)30(5)13-11-18(32)15-22(30)26(34)27(24)35/h16-22,24-27,32,34-35H,6-15H2,1-5H3,(H,31,33)(H,36,37)/t16-,17+,18+,19+,20-,21-,22-,24-,25-,26-,27+,29+,30+/m0/s1. The maximum atomic E-state index is 12.7. The van der Waals surface area contributed by atoms with E-state index in [1.54, 1.807) is 0 Å². The number of nitrogens with one attached hydrogen (secondary N) is 1. The zero-order valence-electron chi connectivity index (χ0n) is 23.5. The summed E-state index contributed by atoms with van der Waals surface area (Å²) < 4.78 is 0. The normalized spacial score (nSPS) is 45.6. The van der Waals surface area contributed by atoms with Crippen molar-refractivity contribution in [2.45, 2.75) is 123 Å². The van der Waals surface area contributed by atoms with Crippen LogP contribution in [0.2, 0.25) is 0 Å². The zero-order chi connectivity index (χ0) is 27.3. The summed E-state index contributed by atoms with van der Waals surface area (Å²) in [5.74, 6) is 0.243. The molecule has 0 unspecified atom stereocenters. The fourth-order valence-corrected chi connectivity index (χ4v) is 9.70. The number of hydrogen-bond donors (Lipinski definition) is 5. The fourth-order valence-electron chi connectivity index (χ4n) is 9.70. The lowest BCUT2D eigenvalue weighted by atomic mass is 9.43. The first-order valence-corrected chi connectivity index (χ1v) is 14.9. The van der Waals surface area contributed by atoms with Gasteiger partial charge in [-0.2, -0.15) is 0 Å². The van der Waals surface area contributed by atoms with Crippen LogP contribution in [0.5, 0.6) is 0 Å². The topological polar surface area (TPSA) is 127 Å². The van der Waals surface area contributed by atoms with Crippen molar-refractivity contribution in [3.8, 4) is 0 Å². The Morgan fingerprint density at radius 2 is 1.57 bits per heavy atom. The van der Waals surface area contributed by atoms with Crippen molar-refractivity contribution >= 4 is 11.9 Å². The molecule has 4 fully saturated rings. The number of aliphatic hydroxyl groups is 3. The van der Waals surface area contributed by atoms with E-state index in [1.165, 1.54) is 0 Å². The summed E-state index contributed by atoms with van der Waals surface area (Å²) >= 11 is 0. The van der Waals surface area contributed by atoms with E-state index in [0.29, 0.717) is 42.9 Å². The Balaban J connectivity index is 1.43. The van der Waals surface area contributed by atoms with E-state index in [-0.39, 0.29) is 40.6 Å². The molecule has 13 atom stereocenters. The van der Waals surface area contributed by atoms with E-state index in [0.717, 1.165) is 44.9 Å². The predicted molar refractivity (Wildman–Crippen MR) is 141 cm³/mol. The van der Waals surface area contributed by atoms with Gasteiger partial charge in [0.25, 0.3) is 0 Å². The molecule has 0 heterocycles. The Kier molecular flexibility index (Phi) is 8.39. The van der Waals surface area contributed by atoms with Crippen LogP contribution in [-0.2, 0) is 9.59 Å². The van der Waals surface area contributed by atoms with Crippen LogP contribution in [0.15, 0.2) is 0 Å². The highest BCUT2D eigenvalue weighted by molar-refractivity contribution is 5.83. The van der Waals surface area contributed by atoms with Crippen LogP contribution in [0.3, 0.4) is 0 Å². The first-order chi connectivity index (χ1) is 17.3. The summed E-state index contributed by atoms with van der Waals surface area (Å²) in [6, 6.07) is -0.846. The molecule has 37 heavy (non-hydrogen) atoms. The summed E-state index contributed by atoms with van der Waals surface area (Å²) in [5.41, 5.74) is 0.0252. The van der Waals surface area contributed by atoms with Crippen molar-refractivity contribution in [3.63, 3.8) is 0 Å². The first-order valence-electron chi connectivity index (χ1n) is 14.9. The molecule has 7 heteroatoms. The second-order valence-electron chi connectivity index (χ2n) is 13.8. The molecule has 0 aromatic rings. The second kappa shape index (κ2) is 10.8. The van der Waals surface area contributed by atoms with Gasteiger partial charge >= 0.3 is 5.97 Å². The van der Waals surface area contributed by atoms with Gasteiger partial charge in [0.1, 0.15) is 6.04 Å². The fraction of sp³-hybridized carbons (Fsp3) is 0.933. The van der Waals surface area contributed by atoms with Gasteiger partial charge in [0, 0.05) is 6.42 Å². The molecule has 4 aliphatic carbocycles. The summed E-state index contributed by atoms with van der Waals surface area (Å²) in [6.07, 6.45) is 6.38. The molecule has 5 N–H and O–H groups in total. The lowest BCUT2D eigenvalue weighted by molar-refractivity contribution is -0.223. The van der Waals surface area contributed by atoms with E-state index in [2.05, 4.69) is 26.1 Å². The molecule has 0 aromatic heterocycles. The molecule has 0 saturated heterocycles. The minimum Gasteiger partial charge on any atom is -0.480 e. The van der Waals surface area contributed by atoms with Crippen LogP contribution in [0, 0.1) is 52.3 Å². The van der Waals surface area contributed by atoms with Gasteiger partial charge in [-0.1, -0.05) is 41.0 Å². The minimum atomic E-state index is -0.977. The Morgan fingerprint density at radius 1 is 0.919 bits per heavy atom. The van der Waals surface area contributed by atoms with Gasteiger partial charge in [-0.05, 0) is 104 Å². The molecule has 0 aromatic carbocycles. The third kappa shape index (κ3) is 4.98. The number of amides is 1. The molecule has 1 amide bonds. The highest BCUT2D eigenvalue weighted by Crippen LogP contribution is 2.68. The maximum absolute atomic E-state index is 12.7. The van der Waals surface area contributed by atoms with Crippen molar-refractivity contribution in [1.82, 2.24) is 5.32 Å². The SMILES string of the molecule is CC[C@H](C)[C@H](NC(=O)CC[C@@H](C)[C@H]1CC[C@H]2[C@@H]3[C@@H](O)[C@@H](O)[C@@H]4C[C@H](O)CC[C@]4(C)[C@H]3CC[C@]12C)C(=O)O. The number of rotatable bonds is 8. The van der Waals surface area contributed by atoms with Gasteiger partial charge in [-0.3, -0.25) is 4.79 Å². The molecular formula is C30H51NO6. The van der Waals surface area contributed by atoms with Crippen molar-refractivity contribution in [3.05, 3.63) is 0 Å². The quantitative estimate of drug-likeness (QED) is 0.329. The van der Waals surface area contributed by atoms with Gasteiger partial charge in [0.15, 0.2) is 0 Å². The van der Waals surface area contributed by atoms with Crippen LogP contribution in [-0.4, -0.2) is 56.7 Å². The van der Waals surface area contributed by atoms with E-state index in [4.69, 9.17) is 0 Å². The summed E-state index contributed by atoms with van der Waals surface area (Å²) in [7, 11) is 0. The Bertz CT molecular complexity index is 850. The monoisotopic (exact) mass is 521 g/mol. The van der Waals surface area contributed by atoms with Crippen LogP contribution >= 0.6 is 0 Å². The molecule has 4 saturated carbocycles. The average molecular weight is 522 g/mol. The van der Waals surface area contributed by atoms with Gasteiger partial charge in [-0.25, -0.2) is 4.79 Å². The molecule has 0 spiro atoms. The smallest absolute Gasteiger partial charge is 0.326 e. The molecule has 4 rings (SSSR count). The number of fused-ring (bicyclic) bond motifs is 5. The number of carboxylic acids is 1. The molecule has 0 bridgehead atoms. The Labute approximate surface area is 222 Å². The summed E-state index contributed by atoms with van der Waals surface area (Å²) in [6.45, 7) is 10.7. The van der Waals surface area contributed by atoms with Crippen molar-refractivity contribution in [1.29, 1.82) is 0 Å². The van der Waals surface area contributed by atoms with E-state index in [9.17, 15) is 30.0 Å². The van der Waals surface area contributed by atoms with Gasteiger partial charge in [0.05, 0.1) is 18.3 Å². The summed E-state index contributed by atoms with van der Waals surface area (Å²) in [5, 5.41) is 45.2. The number of carbonyl (C=O) groups excluding carboxylic acids is 1. The first kappa shape index (κ1) is 28.8. The molecule has 0 aliphatic heterocycles. The molecule has 4 aliphatic rings. The van der Waals surface area contributed by atoms with Crippen LogP contribution in [0.4, 0.5) is 0 Å².